The van der Waals surface area contributed by atoms with Crippen LogP contribution in [0.4, 0.5) is 11.4 Å². The molecule has 0 atom stereocenters. The molecule has 0 radical (unpaired) electrons. The molecule has 2 heterocycles. The zero-order valence-electron chi connectivity index (χ0n) is 12.9. The van der Waals surface area contributed by atoms with Gasteiger partial charge in [-0.05, 0) is 44.9 Å². The molecule has 0 unspecified atom stereocenters. The maximum Gasteiger partial charge on any atom is 0.0907 e. The van der Waals surface area contributed by atoms with Crippen LogP contribution >= 0.6 is 11.3 Å². The molecule has 1 saturated heterocycles. The number of hydrogen-bond donors (Lipinski definition) is 2. The van der Waals surface area contributed by atoms with Crippen molar-refractivity contribution in [1.82, 2.24) is 9.88 Å². The highest BCUT2D eigenvalue weighted by atomic mass is 32.1. The lowest BCUT2D eigenvalue weighted by molar-refractivity contribution is 0.219. The van der Waals surface area contributed by atoms with Gasteiger partial charge in [0.2, 0.25) is 0 Å². The summed E-state index contributed by atoms with van der Waals surface area (Å²) >= 11 is 1.70. The molecule has 0 amide bonds. The third-order valence-electron chi connectivity index (χ3n) is 4.15. The summed E-state index contributed by atoms with van der Waals surface area (Å²) < 4.78 is 1.17. The molecule has 0 bridgehead atoms. The molecule has 21 heavy (non-hydrogen) atoms. The number of aryl methyl sites for hydroxylation is 1. The third-order valence-corrected chi connectivity index (χ3v) is 5.09. The second-order valence-electron chi connectivity index (χ2n) is 5.90. The van der Waals surface area contributed by atoms with E-state index >= 15 is 0 Å². The summed E-state index contributed by atoms with van der Waals surface area (Å²) in [5.74, 6) is 0. The Morgan fingerprint density at radius 2 is 2.14 bits per heavy atom. The van der Waals surface area contributed by atoms with Crippen LogP contribution in [0.5, 0.6) is 0 Å². The minimum atomic E-state index is 0.526. The zero-order valence-corrected chi connectivity index (χ0v) is 13.7. The Kier molecular flexibility index (Phi) is 4.31. The number of hydrogen-bond acceptors (Lipinski definition) is 5. The molecule has 0 spiro atoms. The van der Waals surface area contributed by atoms with Crippen molar-refractivity contribution in [2.75, 3.05) is 30.7 Å². The van der Waals surface area contributed by atoms with Gasteiger partial charge in [-0.3, -0.25) is 0 Å². The number of nitrogens with two attached hydrogens (primary N) is 1. The molecule has 1 aliphatic heterocycles. The molecule has 3 rings (SSSR count). The summed E-state index contributed by atoms with van der Waals surface area (Å²) in [7, 11) is 0. The van der Waals surface area contributed by atoms with Crippen molar-refractivity contribution in [2.45, 2.75) is 39.2 Å². The molecule has 1 aromatic heterocycles. The van der Waals surface area contributed by atoms with Crippen LogP contribution in [0.3, 0.4) is 0 Å². The van der Waals surface area contributed by atoms with E-state index in [2.05, 4.69) is 34.3 Å². The van der Waals surface area contributed by atoms with Crippen LogP contribution in [0.1, 0.15) is 31.2 Å². The van der Waals surface area contributed by atoms with Crippen LogP contribution in [0, 0.1) is 6.92 Å². The third kappa shape index (κ3) is 3.30. The fourth-order valence-electron chi connectivity index (χ4n) is 3.07. The lowest BCUT2D eigenvalue weighted by atomic mass is 10.0. The van der Waals surface area contributed by atoms with Gasteiger partial charge < -0.3 is 16.0 Å². The van der Waals surface area contributed by atoms with Gasteiger partial charge in [0.1, 0.15) is 0 Å². The predicted octanol–water partition coefficient (Wildman–Crippen LogP) is 3.47. The van der Waals surface area contributed by atoms with E-state index in [0.29, 0.717) is 6.04 Å². The minimum Gasteiger partial charge on any atom is -0.397 e. The highest BCUT2D eigenvalue weighted by molar-refractivity contribution is 7.18. The summed E-state index contributed by atoms with van der Waals surface area (Å²) in [5, 5.41) is 4.72. The molecule has 4 nitrogen and oxygen atoms in total. The summed E-state index contributed by atoms with van der Waals surface area (Å²) in [6.07, 6.45) is 3.62. The molecule has 5 heteroatoms. The fourth-order valence-corrected chi connectivity index (χ4v) is 3.92. The Morgan fingerprint density at radius 1 is 1.38 bits per heavy atom. The van der Waals surface area contributed by atoms with Crippen molar-refractivity contribution < 1.29 is 0 Å². The number of anilines is 2. The number of piperidine rings is 1. The van der Waals surface area contributed by atoms with Crippen LogP contribution in [0.25, 0.3) is 10.2 Å². The Labute approximate surface area is 130 Å². The summed E-state index contributed by atoms with van der Waals surface area (Å²) in [5.41, 5.74) is 9.13. The number of fused-ring (bicyclic) bond motifs is 1. The highest BCUT2D eigenvalue weighted by Crippen LogP contribution is 2.31. The first-order chi connectivity index (χ1) is 10.2. The summed E-state index contributed by atoms with van der Waals surface area (Å²) in [6.45, 7) is 7.87. The Hall–Kier alpha value is -1.33. The van der Waals surface area contributed by atoms with Crippen molar-refractivity contribution in [2.24, 2.45) is 0 Å². The monoisotopic (exact) mass is 304 g/mol. The quantitative estimate of drug-likeness (QED) is 0.849. The van der Waals surface area contributed by atoms with Crippen molar-refractivity contribution in [3.63, 3.8) is 0 Å². The average Bonchev–Trinajstić information content (AvgIpc) is 2.81. The first-order valence-electron chi connectivity index (χ1n) is 7.81. The van der Waals surface area contributed by atoms with Crippen LogP contribution < -0.4 is 11.1 Å². The zero-order chi connectivity index (χ0) is 14.8. The van der Waals surface area contributed by atoms with Gasteiger partial charge in [-0.2, -0.15) is 0 Å². The fraction of sp³-hybridized carbons (Fsp3) is 0.562. The van der Waals surface area contributed by atoms with Crippen LogP contribution in [0.2, 0.25) is 0 Å². The number of benzene rings is 1. The summed E-state index contributed by atoms with van der Waals surface area (Å²) in [6, 6.07) is 4.68. The molecule has 0 aliphatic carbocycles. The van der Waals surface area contributed by atoms with Gasteiger partial charge in [0.25, 0.3) is 0 Å². The second-order valence-corrected chi connectivity index (χ2v) is 7.14. The van der Waals surface area contributed by atoms with E-state index in [1.807, 2.05) is 6.92 Å². The molecular weight excluding hydrogens is 280 g/mol. The van der Waals surface area contributed by atoms with E-state index in [1.165, 1.54) is 43.6 Å². The van der Waals surface area contributed by atoms with Crippen molar-refractivity contribution >= 4 is 32.9 Å². The Bertz CT molecular complexity index is 614. The van der Waals surface area contributed by atoms with Crippen LogP contribution in [0.15, 0.2) is 12.1 Å². The molecule has 1 aliphatic rings. The van der Waals surface area contributed by atoms with E-state index in [4.69, 9.17) is 5.73 Å². The molecule has 1 aromatic carbocycles. The summed E-state index contributed by atoms with van der Waals surface area (Å²) in [4.78, 5) is 7.11. The lowest BCUT2D eigenvalue weighted by Crippen LogP contribution is -2.39. The highest BCUT2D eigenvalue weighted by Gasteiger charge is 2.19. The number of nitrogens with zero attached hydrogens (tertiary/aromatic N) is 2. The van der Waals surface area contributed by atoms with E-state index in [9.17, 15) is 0 Å². The van der Waals surface area contributed by atoms with E-state index in [0.717, 1.165) is 21.9 Å². The van der Waals surface area contributed by atoms with Crippen molar-refractivity contribution in [3.8, 4) is 0 Å². The SMILES string of the molecule is CCCN1CCC(Nc2cc3nc(C)sc3cc2N)CC1. The van der Waals surface area contributed by atoms with E-state index < -0.39 is 0 Å². The Morgan fingerprint density at radius 3 is 2.86 bits per heavy atom. The van der Waals surface area contributed by atoms with Crippen LogP contribution in [-0.4, -0.2) is 35.6 Å². The predicted molar refractivity (Wildman–Crippen MR) is 92.1 cm³/mol. The van der Waals surface area contributed by atoms with Gasteiger partial charge >= 0.3 is 0 Å². The Balaban J connectivity index is 1.69. The van der Waals surface area contributed by atoms with Gasteiger partial charge in [-0.15, -0.1) is 11.3 Å². The number of rotatable bonds is 4. The number of likely N-dealkylation sites (tertiary alicyclic amines) is 1. The topological polar surface area (TPSA) is 54.2 Å². The minimum absolute atomic E-state index is 0.526. The van der Waals surface area contributed by atoms with Crippen LogP contribution in [-0.2, 0) is 0 Å². The first-order valence-corrected chi connectivity index (χ1v) is 8.63. The molecule has 1 fully saturated rings. The molecular formula is C16H24N4S. The first kappa shape index (κ1) is 14.6. The van der Waals surface area contributed by atoms with Gasteiger partial charge in [-0.1, -0.05) is 6.92 Å². The molecule has 114 valence electrons. The van der Waals surface area contributed by atoms with Gasteiger partial charge in [0.15, 0.2) is 0 Å². The maximum atomic E-state index is 6.19. The van der Waals surface area contributed by atoms with Crippen molar-refractivity contribution in [1.29, 1.82) is 0 Å². The molecule has 0 saturated carbocycles. The molecule has 3 N–H and O–H groups in total. The van der Waals surface area contributed by atoms with E-state index in [1.54, 1.807) is 11.3 Å². The van der Waals surface area contributed by atoms with Gasteiger partial charge in [0.05, 0.1) is 26.6 Å². The standard InChI is InChI=1S/C16H24N4S/c1-3-6-20-7-4-12(5-8-20)19-14-10-15-16(9-13(14)17)21-11(2)18-15/h9-10,12,19H,3-8,17H2,1-2H3. The maximum absolute atomic E-state index is 6.19. The molecule has 2 aromatic rings. The largest absolute Gasteiger partial charge is 0.397 e. The second kappa shape index (κ2) is 6.20. The van der Waals surface area contributed by atoms with Gasteiger partial charge in [-0.25, -0.2) is 4.98 Å². The van der Waals surface area contributed by atoms with Gasteiger partial charge in [0, 0.05) is 19.1 Å². The smallest absolute Gasteiger partial charge is 0.0907 e. The average molecular weight is 304 g/mol. The number of thiazole rings is 1. The van der Waals surface area contributed by atoms with E-state index in [-0.39, 0.29) is 0 Å². The number of nitrogens with one attached hydrogen (secondary N) is 1. The van der Waals surface area contributed by atoms with Crippen molar-refractivity contribution in [3.05, 3.63) is 17.1 Å². The number of aromatic nitrogens is 1. The normalized spacial score (nSPS) is 17.4. The number of nitrogen functional groups attached to an aromatic ring is 1. The lowest BCUT2D eigenvalue weighted by Gasteiger charge is -2.32.